The number of benzene rings is 1. The van der Waals surface area contributed by atoms with E-state index in [0.717, 1.165) is 18.4 Å². The van der Waals surface area contributed by atoms with Gasteiger partial charge in [0.15, 0.2) is 5.92 Å². The number of unbranched alkanes of at least 4 members (excludes halogenated alkanes) is 5. The lowest BCUT2D eigenvalue weighted by Crippen LogP contribution is -2.29. The number of primary amides is 1. The van der Waals surface area contributed by atoms with Crippen LogP contribution in [0.5, 0.6) is 0 Å². The normalized spacial score (nSPS) is 12.7. The first-order valence-electron chi connectivity index (χ1n) is 11.6. The number of hydrogen-bond acceptors (Lipinski definition) is 5. The van der Waals surface area contributed by atoms with Crippen molar-refractivity contribution in [2.24, 2.45) is 11.7 Å². The lowest BCUT2D eigenvalue weighted by Gasteiger charge is -2.19. The third-order valence-electron chi connectivity index (χ3n) is 5.41. The van der Waals surface area contributed by atoms with Crippen LogP contribution >= 0.6 is 0 Å². The van der Waals surface area contributed by atoms with Gasteiger partial charge in [-0.3, -0.25) is 14.4 Å². The molecule has 31 heavy (non-hydrogen) atoms. The van der Waals surface area contributed by atoms with Gasteiger partial charge in [0.25, 0.3) is 0 Å². The second-order valence-electron chi connectivity index (χ2n) is 7.97. The van der Waals surface area contributed by atoms with Crippen LogP contribution < -0.4 is 5.73 Å². The predicted molar refractivity (Wildman–Crippen MR) is 121 cm³/mol. The average molecular weight is 434 g/mol. The summed E-state index contributed by atoms with van der Waals surface area (Å²) in [6.07, 6.45) is 8.94. The van der Waals surface area contributed by atoms with Crippen LogP contribution in [0.3, 0.4) is 0 Å². The minimum atomic E-state index is -0.950. The average Bonchev–Trinajstić information content (AvgIpc) is 2.74. The van der Waals surface area contributed by atoms with E-state index in [0.29, 0.717) is 6.42 Å². The summed E-state index contributed by atoms with van der Waals surface area (Å²) in [6, 6.07) is 8.06. The number of esters is 2. The molecule has 0 spiro atoms. The zero-order chi connectivity index (χ0) is 23.1. The van der Waals surface area contributed by atoms with Crippen LogP contribution in [-0.2, 0) is 30.3 Å². The van der Waals surface area contributed by atoms with E-state index in [9.17, 15) is 14.4 Å². The van der Waals surface area contributed by atoms with Crippen LogP contribution in [0.2, 0.25) is 0 Å². The van der Waals surface area contributed by atoms with Gasteiger partial charge in [0.2, 0.25) is 5.91 Å². The summed E-state index contributed by atoms with van der Waals surface area (Å²) in [5.74, 6) is -2.97. The highest BCUT2D eigenvalue weighted by molar-refractivity contribution is 5.94. The van der Waals surface area contributed by atoms with Crippen LogP contribution in [-0.4, -0.2) is 31.1 Å². The van der Waals surface area contributed by atoms with Gasteiger partial charge in [-0.1, -0.05) is 70.2 Å². The maximum atomic E-state index is 12.3. The number of ether oxygens (including phenoxy) is 2. The molecule has 6 nitrogen and oxygen atoms in total. The van der Waals surface area contributed by atoms with E-state index in [1.54, 1.807) is 13.8 Å². The minimum absolute atomic E-state index is 0.00550. The Bertz CT molecular complexity index is 671. The van der Waals surface area contributed by atoms with Crippen LogP contribution in [0.4, 0.5) is 0 Å². The fourth-order valence-corrected chi connectivity index (χ4v) is 3.54. The summed E-state index contributed by atoms with van der Waals surface area (Å²) >= 11 is 0. The molecule has 174 valence electrons. The zero-order valence-electron chi connectivity index (χ0n) is 19.4. The standard InChI is InChI=1S/C25H39NO5/c1-4-7-8-9-10-11-12-19-13-15-20(16-14-19)21(17-23(26)27)18-31-25(29)22(5-2)24(28)30-6-3/h13-16,21-22H,4-12,17-18H2,1-3H3,(H2,26,27). The van der Waals surface area contributed by atoms with Crippen LogP contribution in [0.1, 0.15) is 89.2 Å². The molecule has 0 aliphatic heterocycles. The molecular weight excluding hydrogens is 394 g/mol. The highest BCUT2D eigenvalue weighted by atomic mass is 16.6. The molecule has 0 saturated heterocycles. The molecule has 0 bridgehead atoms. The number of rotatable bonds is 16. The molecule has 1 aromatic carbocycles. The van der Waals surface area contributed by atoms with Gasteiger partial charge in [0, 0.05) is 12.3 Å². The van der Waals surface area contributed by atoms with E-state index in [2.05, 4.69) is 19.1 Å². The highest BCUT2D eigenvalue weighted by Gasteiger charge is 2.28. The number of aryl methyl sites for hydroxylation is 1. The first kappa shape index (κ1) is 26.7. The maximum Gasteiger partial charge on any atom is 0.320 e. The number of amides is 1. The predicted octanol–water partition coefficient (Wildman–Crippen LogP) is 4.68. The van der Waals surface area contributed by atoms with Gasteiger partial charge in [0.1, 0.15) is 0 Å². The third-order valence-corrected chi connectivity index (χ3v) is 5.41. The number of hydrogen-bond donors (Lipinski definition) is 1. The molecule has 1 rings (SSSR count). The second kappa shape index (κ2) is 15.4. The van der Waals surface area contributed by atoms with Gasteiger partial charge in [-0.15, -0.1) is 0 Å². The van der Waals surface area contributed by atoms with Crippen molar-refractivity contribution in [3.8, 4) is 0 Å². The van der Waals surface area contributed by atoms with Gasteiger partial charge in [-0.05, 0) is 37.3 Å². The molecule has 0 heterocycles. The first-order chi connectivity index (χ1) is 14.9. The summed E-state index contributed by atoms with van der Waals surface area (Å²) in [4.78, 5) is 35.8. The van der Waals surface area contributed by atoms with Crippen molar-refractivity contribution in [3.05, 3.63) is 35.4 Å². The van der Waals surface area contributed by atoms with Crippen molar-refractivity contribution in [2.75, 3.05) is 13.2 Å². The molecular formula is C25H39NO5. The molecule has 2 unspecified atom stereocenters. The summed E-state index contributed by atoms with van der Waals surface area (Å²) in [5.41, 5.74) is 7.55. The van der Waals surface area contributed by atoms with Crippen molar-refractivity contribution in [3.63, 3.8) is 0 Å². The fraction of sp³-hybridized carbons (Fsp3) is 0.640. The number of nitrogens with two attached hydrogens (primary N) is 1. The smallest absolute Gasteiger partial charge is 0.320 e. The highest BCUT2D eigenvalue weighted by Crippen LogP contribution is 2.22. The molecule has 2 atom stereocenters. The van der Waals surface area contributed by atoms with Crippen LogP contribution in [0.25, 0.3) is 0 Å². The Balaban J connectivity index is 2.65. The van der Waals surface area contributed by atoms with Gasteiger partial charge in [0.05, 0.1) is 13.2 Å². The molecule has 0 aliphatic rings. The Kier molecular flexibility index (Phi) is 13.3. The van der Waals surface area contributed by atoms with E-state index >= 15 is 0 Å². The number of carbonyl (C=O) groups excluding carboxylic acids is 3. The summed E-state index contributed by atoms with van der Waals surface area (Å²) in [5, 5.41) is 0. The molecule has 0 aromatic heterocycles. The Morgan fingerprint density at radius 1 is 0.871 bits per heavy atom. The van der Waals surface area contributed by atoms with Gasteiger partial charge >= 0.3 is 11.9 Å². The van der Waals surface area contributed by atoms with Gasteiger partial charge < -0.3 is 15.2 Å². The fourth-order valence-electron chi connectivity index (χ4n) is 3.54. The van der Waals surface area contributed by atoms with Gasteiger partial charge in [-0.25, -0.2) is 0 Å². The molecule has 0 aliphatic carbocycles. The SMILES string of the molecule is CCCCCCCCc1ccc(C(COC(=O)C(CC)C(=O)OCC)CC(N)=O)cc1. The molecule has 2 N–H and O–H groups in total. The topological polar surface area (TPSA) is 95.7 Å². The molecule has 0 saturated carbocycles. The lowest BCUT2D eigenvalue weighted by molar-refractivity contribution is -0.162. The van der Waals surface area contributed by atoms with Crippen molar-refractivity contribution >= 4 is 17.8 Å². The summed E-state index contributed by atoms with van der Waals surface area (Å²) < 4.78 is 10.3. The van der Waals surface area contributed by atoms with Crippen molar-refractivity contribution in [2.45, 2.75) is 84.5 Å². The van der Waals surface area contributed by atoms with E-state index in [1.165, 1.54) is 37.7 Å². The van der Waals surface area contributed by atoms with Crippen molar-refractivity contribution in [1.29, 1.82) is 0 Å². The quantitative estimate of drug-likeness (QED) is 0.232. The largest absolute Gasteiger partial charge is 0.465 e. The Morgan fingerprint density at radius 2 is 1.48 bits per heavy atom. The molecule has 1 amide bonds. The molecule has 0 radical (unpaired) electrons. The molecule has 6 heteroatoms. The minimum Gasteiger partial charge on any atom is -0.465 e. The molecule has 0 fully saturated rings. The lowest BCUT2D eigenvalue weighted by atomic mass is 9.94. The van der Waals surface area contributed by atoms with E-state index in [4.69, 9.17) is 15.2 Å². The van der Waals surface area contributed by atoms with E-state index in [1.807, 2.05) is 12.1 Å². The van der Waals surface area contributed by atoms with Crippen molar-refractivity contribution in [1.82, 2.24) is 0 Å². The Hall–Kier alpha value is -2.37. The van der Waals surface area contributed by atoms with Gasteiger partial charge in [-0.2, -0.15) is 0 Å². The first-order valence-corrected chi connectivity index (χ1v) is 11.6. The van der Waals surface area contributed by atoms with Crippen molar-refractivity contribution < 1.29 is 23.9 Å². The number of carbonyl (C=O) groups is 3. The van der Waals surface area contributed by atoms with Crippen LogP contribution in [0, 0.1) is 5.92 Å². The van der Waals surface area contributed by atoms with E-state index in [-0.39, 0.29) is 25.6 Å². The third kappa shape index (κ3) is 10.5. The Labute approximate surface area is 186 Å². The van der Waals surface area contributed by atoms with E-state index < -0.39 is 23.8 Å². The second-order valence-corrected chi connectivity index (χ2v) is 7.97. The zero-order valence-corrected chi connectivity index (χ0v) is 19.4. The summed E-state index contributed by atoms with van der Waals surface area (Å²) in [6.45, 7) is 5.84. The maximum absolute atomic E-state index is 12.3. The summed E-state index contributed by atoms with van der Waals surface area (Å²) in [7, 11) is 0. The molecule has 1 aromatic rings. The monoisotopic (exact) mass is 433 g/mol. The van der Waals surface area contributed by atoms with Crippen LogP contribution in [0.15, 0.2) is 24.3 Å². The Morgan fingerprint density at radius 3 is 2.06 bits per heavy atom.